The molecule has 1 amide bonds. The van der Waals surface area contributed by atoms with E-state index in [2.05, 4.69) is 22.0 Å². The summed E-state index contributed by atoms with van der Waals surface area (Å²) in [5.41, 5.74) is 2.20. The van der Waals surface area contributed by atoms with Gasteiger partial charge in [0.15, 0.2) is 5.82 Å². The molecule has 0 aliphatic carbocycles. The van der Waals surface area contributed by atoms with Gasteiger partial charge in [0.05, 0.1) is 11.7 Å². The second-order valence-corrected chi connectivity index (χ2v) is 6.87. The van der Waals surface area contributed by atoms with Gasteiger partial charge in [0.2, 0.25) is 5.91 Å². The normalized spacial score (nSPS) is 17.2. The molecule has 1 fully saturated rings. The van der Waals surface area contributed by atoms with Gasteiger partial charge in [0.1, 0.15) is 0 Å². The maximum absolute atomic E-state index is 12.7. The number of aromatic nitrogens is 2. The quantitative estimate of drug-likeness (QED) is 0.813. The van der Waals surface area contributed by atoms with E-state index >= 15 is 0 Å². The fraction of sp³-hybridized carbons (Fsp3) is 0.450. The van der Waals surface area contributed by atoms with E-state index in [1.807, 2.05) is 49.5 Å². The second kappa shape index (κ2) is 8.21. The Bertz CT molecular complexity index is 702. The van der Waals surface area contributed by atoms with Crippen molar-refractivity contribution in [2.75, 3.05) is 20.6 Å². The summed E-state index contributed by atoms with van der Waals surface area (Å²) in [6.07, 6.45) is 5.10. The molecule has 1 saturated heterocycles. The molecular weight excluding hydrogens is 312 g/mol. The zero-order valence-corrected chi connectivity index (χ0v) is 15.1. The smallest absolute Gasteiger partial charge is 0.223 e. The highest BCUT2D eigenvalue weighted by Gasteiger charge is 2.31. The van der Waals surface area contributed by atoms with Crippen molar-refractivity contribution in [1.82, 2.24) is 19.8 Å². The van der Waals surface area contributed by atoms with E-state index in [0.717, 1.165) is 43.9 Å². The first-order valence-electron chi connectivity index (χ1n) is 8.93. The molecule has 5 heteroatoms. The van der Waals surface area contributed by atoms with Crippen LogP contribution >= 0.6 is 0 Å². The van der Waals surface area contributed by atoms with E-state index in [-0.39, 0.29) is 11.9 Å². The minimum Gasteiger partial charge on any atom is -0.332 e. The SMILES string of the molecule is CN(C)Cc1ccnc([C@H]2CCCN2C(=O)CCc2ccccc2)n1. The van der Waals surface area contributed by atoms with E-state index in [4.69, 9.17) is 4.98 Å². The molecule has 1 aliphatic rings. The highest BCUT2D eigenvalue weighted by atomic mass is 16.2. The van der Waals surface area contributed by atoms with Crippen molar-refractivity contribution < 1.29 is 4.79 Å². The third-order valence-electron chi connectivity index (χ3n) is 4.55. The molecule has 0 N–H and O–H groups in total. The molecule has 1 aromatic heterocycles. The Kier molecular flexibility index (Phi) is 5.76. The molecule has 1 atom stereocenters. The first-order valence-corrected chi connectivity index (χ1v) is 8.93. The van der Waals surface area contributed by atoms with Crippen LogP contribution in [0.15, 0.2) is 42.6 Å². The fourth-order valence-electron chi connectivity index (χ4n) is 3.36. The summed E-state index contributed by atoms with van der Waals surface area (Å²) < 4.78 is 0. The van der Waals surface area contributed by atoms with Crippen molar-refractivity contribution in [2.24, 2.45) is 0 Å². The van der Waals surface area contributed by atoms with Crippen LogP contribution in [0.25, 0.3) is 0 Å². The lowest BCUT2D eigenvalue weighted by atomic mass is 10.1. The van der Waals surface area contributed by atoms with Gasteiger partial charge in [-0.25, -0.2) is 9.97 Å². The summed E-state index contributed by atoms with van der Waals surface area (Å²) in [7, 11) is 4.05. The summed E-state index contributed by atoms with van der Waals surface area (Å²) in [6.45, 7) is 1.59. The predicted molar refractivity (Wildman–Crippen MR) is 97.9 cm³/mol. The number of aryl methyl sites for hydroxylation is 1. The van der Waals surface area contributed by atoms with E-state index < -0.39 is 0 Å². The fourth-order valence-corrected chi connectivity index (χ4v) is 3.36. The molecule has 0 spiro atoms. The van der Waals surface area contributed by atoms with Gasteiger partial charge in [-0.05, 0) is 45.0 Å². The number of hydrogen-bond acceptors (Lipinski definition) is 4. The van der Waals surface area contributed by atoms with Crippen molar-refractivity contribution in [3.05, 3.63) is 59.7 Å². The first kappa shape index (κ1) is 17.5. The zero-order valence-electron chi connectivity index (χ0n) is 15.1. The lowest BCUT2D eigenvalue weighted by molar-refractivity contribution is -0.132. The molecule has 0 unspecified atom stereocenters. The number of nitrogens with zero attached hydrogens (tertiary/aromatic N) is 4. The Morgan fingerprint density at radius 1 is 1.24 bits per heavy atom. The maximum Gasteiger partial charge on any atom is 0.223 e. The molecule has 2 heterocycles. The minimum atomic E-state index is 0.0189. The van der Waals surface area contributed by atoms with Crippen LogP contribution in [0.3, 0.4) is 0 Å². The van der Waals surface area contributed by atoms with Crippen LogP contribution in [0.5, 0.6) is 0 Å². The van der Waals surface area contributed by atoms with Gasteiger partial charge in [0.25, 0.3) is 0 Å². The summed E-state index contributed by atoms with van der Waals surface area (Å²) >= 11 is 0. The number of benzene rings is 1. The van der Waals surface area contributed by atoms with Gasteiger partial charge in [-0.15, -0.1) is 0 Å². The van der Waals surface area contributed by atoms with Crippen molar-refractivity contribution >= 4 is 5.91 Å². The number of carbonyl (C=O) groups excluding carboxylic acids is 1. The van der Waals surface area contributed by atoms with Crippen LogP contribution in [0.2, 0.25) is 0 Å². The van der Waals surface area contributed by atoms with Crippen molar-refractivity contribution in [3.63, 3.8) is 0 Å². The average molecular weight is 338 g/mol. The van der Waals surface area contributed by atoms with Gasteiger partial charge in [0, 0.05) is 25.7 Å². The zero-order chi connectivity index (χ0) is 17.6. The Morgan fingerprint density at radius 3 is 2.80 bits per heavy atom. The van der Waals surface area contributed by atoms with Crippen LogP contribution in [-0.4, -0.2) is 46.3 Å². The topological polar surface area (TPSA) is 49.3 Å². The molecule has 2 aromatic rings. The standard InChI is InChI=1S/C20H26N4O/c1-23(2)15-17-12-13-21-20(22-17)18-9-6-14-24(18)19(25)11-10-16-7-4-3-5-8-16/h3-5,7-8,12-13,18H,6,9-11,14-15H2,1-2H3/t18-/m1/s1. The number of likely N-dealkylation sites (tertiary alicyclic amines) is 1. The van der Waals surface area contributed by atoms with Gasteiger partial charge < -0.3 is 9.80 Å². The van der Waals surface area contributed by atoms with E-state index in [1.54, 1.807) is 0 Å². The van der Waals surface area contributed by atoms with Gasteiger partial charge in [-0.1, -0.05) is 30.3 Å². The van der Waals surface area contributed by atoms with Crippen LogP contribution < -0.4 is 0 Å². The Morgan fingerprint density at radius 2 is 2.04 bits per heavy atom. The van der Waals surface area contributed by atoms with E-state index in [1.165, 1.54) is 5.56 Å². The van der Waals surface area contributed by atoms with Crippen molar-refractivity contribution in [1.29, 1.82) is 0 Å². The number of carbonyl (C=O) groups is 1. The molecule has 5 nitrogen and oxygen atoms in total. The Labute approximate surface area is 149 Å². The molecule has 132 valence electrons. The third-order valence-corrected chi connectivity index (χ3v) is 4.55. The summed E-state index contributed by atoms with van der Waals surface area (Å²) in [5.74, 6) is 0.984. The van der Waals surface area contributed by atoms with Crippen molar-refractivity contribution in [2.45, 2.75) is 38.3 Å². The van der Waals surface area contributed by atoms with Crippen LogP contribution in [0.4, 0.5) is 0 Å². The van der Waals surface area contributed by atoms with Crippen LogP contribution in [-0.2, 0) is 17.8 Å². The summed E-state index contributed by atoms with van der Waals surface area (Å²) in [5, 5.41) is 0. The monoisotopic (exact) mass is 338 g/mol. The highest BCUT2D eigenvalue weighted by molar-refractivity contribution is 5.77. The summed E-state index contributed by atoms with van der Waals surface area (Å²) in [4.78, 5) is 25.9. The largest absolute Gasteiger partial charge is 0.332 e. The van der Waals surface area contributed by atoms with E-state index in [0.29, 0.717) is 6.42 Å². The molecule has 1 aliphatic heterocycles. The van der Waals surface area contributed by atoms with E-state index in [9.17, 15) is 4.79 Å². The molecule has 1 aromatic carbocycles. The predicted octanol–water partition coefficient (Wildman–Crippen LogP) is 2.83. The molecule has 25 heavy (non-hydrogen) atoms. The number of hydrogen-bond donors (Lipinski definition) is 0. The van der Waals surface area contributed by atoms with Crippen molar-refractivity contribution in [3.8, 4) is 0 Å². The van der Waals surface area contributed by atoms with Gasteiger partial charge in [-0.2, -0.15) is 0 Å². The molecule has 0 radical (unpaired) electrons. The molecular formula is C20H26N4O. The van der Waals surface area contributed by atoms with Gasteiger partial charge >= 0.3 is 0 Å². The lowest BCUT2D eigenvalue weighted by Gasteiger charge is -2.24. The highest BCUT2D eigenvalue weighted by Crippen LogP contribution is 2.30. The average Bonchev–Trinajstić information content (AvgIpc) is 3.10. The molecule has 3 rings (SSSR count). The maximum atomic E-state index is 12.7. The molecule has 0 bridgehead atoms. The van der Waals surface area contributed by atoms with Crippen LogP contribution in [0, 0.1) is 0 Å². The minimum absolute atomic E-state index is 0.0189. The van der Waals surface area contributed by atoms with Crippen LogP contribution in [0.1, 0.15) is 42.4 Å². The Balaban J connectivity index is 1.66. The first-order chi connectivity index (χ1) is 12.1. The number of amides is 1. The Hall–Kier alpha value is -2.27. The summed E-state index contributed by atoms with van der Waals surface area (Å²) in [6, 6.07) is 12.1. The third kappa shape index (κ3) is 4.63. The van der Waals surface area contributed by atoms with Gasteiger partial charge in [-0.3, -0.25) is 4.79 Å². The number of rotatable bonds is 6. The lowest BCUT2D eigenvalue weighted by Crippen LogP contribution is -2.31. The second-order valence-electron chi connectivity index (χ2n) is 6.87. The molecule has 0 saturated carbocycles.